The first-order valence-electron chi connectivity index (χ1n) is 6.64. The summed E-state index contributed by atoms with van der Waals surface area (Å²) in [5.74, 6) is 2.81. The van der Waals surface area contributed by atoms with Crippen LogP contribution < -0.4 is 0 Å². The van der Waals surface area contributed by atoms with Crippen LogP contribution in [0, 0.1) is 5.92 Å². The molecular weight excluding hydrogens is 244 g/mol. The fourth-order valence-corrected chi connectivity index (χ4v) is 4.04. The fourth-order valence-electron chi connectivity index (χ4n) is 2.78. The van der Waals surface area contributed by atoms with Crippen LogP contribution in [0.3, 0.4) is 0 Å². The molecule has 0 radical (unpaired) electrons. The standard InChI is InChI=1S/C15H18O2S/c16-14(12-6-8-18-10-12)9-15-13-4-2-1-3-11(13)5-7-17-15/h1-4,12,15H,5-10H2. The van der Waals surface area contributed by atoms with Crippen molar-refractivity contribution in [3.05, 3.63) is 35.4 Å². The van der Waals surface area contributed by atoms with Gasteiger partial charge in [-0.25, -0.2) is 0 Å². The topological polar surface area (TPSA) is 26.3 Å². The molecule has 1 fully saturated rings. The first kappa shape index (κ1) is 12.2. The predicted molar refractivity (Wildman–Crippen MR) is 73.9 cm³/mol. The summed E-state index contributed by atoms with van der Waals surface area (Å²) in [6, 6.07) is 8.36. The zero-order valence-electron chi connectivity index (χ0n) is 10.4. The van der Waals surface area contributed by atoms with Crippen LogP contribution >= 0.6 is 11.8 Å². The molecule has 2 unspecified atom stereocenters. The summed E-state index contributed by atoms with van der Waals surface area (Å²) in [7, 11) is 0. The summed E-state index contributed by atoms with van der Waals surface area (Å²) < 4.78 is 5.81. The van der Waals surface area contributed by atoms with Crippen LogP contribution in [-0.4, -0.2) is 23.9 Å². The molecule has 0 saturated carbocycles. The molecule has 0 aliphatic carbocycles. The van der Waals surface area contributed by atoms with E-state index in [-0.39, 0.29) is 12.0 Å². The summed E-state index contributed by atoms with van der Waals surface area (Å²) in [5, 5.41) is 0. The third kappa shape index (κ3) is 2.47. The second kappa shape index (κ2) is 5.45. The molecule has 3 heteroatoms. The van der Waals surface area contributed by atoms with Gasteiger partial charge in [-0.3, -0.25) is 4.79 Å². The minimum atomic E-state index is -0.00644. The minimum Gasteiger partial charge on any atom is -0.373 e. The number of ether oxygens (including phenoxy) is 1. The Hall–Kier alpha value is -0.800. The molecule has 2 atom stereocenters. The Kier molecular flexibility index (Phi) is 3.71. The average molecular weight is 262 g/mol. The highest BCUT2D eigenvalue weighted by molar-refractivity contribution is 7.99. The third-order valence-corrected chi connectivity index (χ3v) is 5.03. The number of benzene rings is 1. The maximum absolute atomic E-state index is 12.2. The number of fused-ring (bicyclic) bond motifs is 1. The molecule has 2 nitrogen and oxygen atoms in total. The van der Waals surface area contributed by atoms with Crippen molar-refractivity contribution in [2.45, 2.75) is 25.4 Å². The van der Waals surface area contributed by atoms with E-state index in [1.54, 1.807) is 0 Å². The number of carbonyl (C=O) groups excluding carboxylic acids is 1. The van der Waals surface area contributed by atoms with Gasteiger partial charge in [0, 0.05) is 18.1 Å². The van der Waals surface area contributed by atoms with Crippen molar-refractivity contribution in [3.63, 3.8) is 0 Å². The highest BCUT2D eigenvalue weighted by Crippen LogP contribution is 2.33. The molecule has 2 heterocycles. The Labute approximate surface area is 112 Å². The summed E-state index contributed by atoms with van der Waals surface area (Å²) in [6.45, 7) is 0.744. The van der Waals surface area contributed by atoms with Crippen molar-refractivity contribution in [1.82, 2.24) is 0 Å². The lowest BCUT2D eigenvalue weighted by molar-refractivity contribution is -0.125. The van der Waals surface area contributed by atoms with E-state index in [1.807, 2.05) is 17.8 Å². The number of thioether (sulfide) groups is 1. The van der Waals surface area contributed by atoms with E-state index in [1.165, 1.54) is 11.1 Å². The zero-order valence-corrected chi connectivity index (χ0v) is 11.2. The van der Waals surface area contributed by atoms with E-state index in [4.69, 9.17) is 4.74 Å². The lowest BCUT2D eigenvalue weighted by Gasteiger charge is -2.26. The van der Waals surface area contributed by atoms with Gasteiger partial charge in [-0.1, -0.05) is 24.3 Å². The summed E-state index contributed by atoms with van der Waals surface area (Å²) in [6.07, 6.45) is 2.58. The lowest BCUT2D eigenvalue weighted by Crippen LogP contribution is -2.22. The molecule has 1 saturated heterocycles. The van der Waals surface area contributed by atoms with Gasteiger partial charge in [0.05, 0.1) is 12.7 Å². The van der Waals surface area contributed by atoms with Crippen molar-refractivity contribution in [2.75, 3.05) is 18.1 Å². The summed E-state index contributed by atoms with van der Waals surface area (Å²) in [4.78, 5) is 12.2. The van der Waals surface area contributed by atoms with Crippen LogP contribution in [0.25, 0.3) is 0 Å². The molecule has 96 valence electrons. The Bertz CT molecular complexity index is 438. The van der Waals surface area contributed by atoms with Crippen molar-refractivity contribution in [2.24, 2.45) is 5.92 Å². The summed E-state index contributed by atoms with van der Waals surface area (Å²) in [5.41, 5.74) is 2.57. The molecule has 0 spiro atoms. The minimum absolute atomic E-state index is 0.00644. The average Bonchev–Trinajstić information content (AvgIpc) is 2.93. The molecule has 0 aromatic heterocycles. The van der Waals surface area contributed by atoms with Crippen molar-refractivity contribution in [3.8, 4) is 0 Å². The smallest absolute Gasteiger partial charge is 0.139 e. The number of Topliss-reactive ketones (excluding diaryl/α,β-unsaturated/α-hetero) is 1. The van der Waals surface area contributed by atoms with E-state index in [9.17, 15) is 4.79 Å². The third-order valence-electron chi connectivity index (χ3n) is 3.86. The Morgan fingerprint density at radius 1 is 1.39 bits per heavy atom. The van der Waals surface area contributed by atoms with Crippen LogP contribution in [0.5, 0.6) is 0 Å². The quantitative estimate of drug-likeness (QED) is 0.837. The SMILES string of the molecule is O=C(CC1OCCc2ccccc21)C1CCSC1. The number of hydrogen-bond donors (Lipinski definition) is 0. The van der Waals surface area contributed by atoms with E-state index < -0.39 is 0 Å². The van der Waals surface area contributed by atoms with Gasteiger partial charge >= 0.3 is 0 Å². The van der Waals surface area contributed by atoms with Gasteiger partial charge in [-0.2, -0.15) is 11.8 Å². The number of ketones is 1. The van der Waals surface area contributed by atoms with Gasteiger partial charge in [-0.05, 0) is 29.7 Å². The van der Waals surface area contributed by atoms with Crippen LogP contribution in [0.4, 0.5) is 0 Å². The van der Waals surface area contributed by atoms with E-state index in [0.29, 0.717) is 12.2 Å². The molecule has 18 heavy (non-hydrogen) atoms. The number of hydrogen-bond acceptors (Lipinski definition) is 3. The second-order valence-electron chi connectivity index (χ2n) is 5.04. The highest BCUT2D eigenvalue weighted by atomic mass is 32.2. The molecular formula is C15H18O2S. The second-order valence-corrected chi connectivity index (χ2v) is 6.19. The van der Waals surface area contributed by atoms with Crippen molar-refractivity contribution >= 4 is 17.5 Å². The molecule has 0 amide bonds. The molecule has 2 aliphatic heterocycles. The van der Waals surface area contributed by atoms with Gasteiger partial charge in [0.25, 0.3) is 0 Å². The van der Waals surface area contributed by atoms with Gasteiger partial charge in [0.2, 0.25) is 0 Å². The van der Waals surface area contributed by atoms with Crippen LogP contribution in [0.15, 0.2) is 24.3 Å². The largest absolute Gasteiger partial charge is 0.373 e. The van der Waals surface area contributed by atoms with Crippen molar-refractivity contribution < 1.29 is 9.53 Å². The number of carbonyl (C=O) groups is 1. The normalized spacial score (nSPS) is 26.9. The Balaban J connectivity index is 1.72. The highest BCUT2D eigenvalue weighted by Gasteiger charge is 2.28. The maximum Gasteiger partial charge on any atom is 0.139 e. The molecule has 0 bridgehead atoms. The summed E-state index contributed by atoms with van der Waals surface area (Å²) >= 11 is 1.90. The maximum atomic E-state index is 12.2. The first-order valence-corrected chi connectivity index (χ1v) is 7.80. The molecule has 1 aromatic carbocycles. The van der Waals surface area contributed by atoms with Crippen LogP contribution in [-0.2, 0) is 16.0 Å². The van der Waals surface area contributed by atoms with Crippen molar-refractivity contribution in [1.29, 1.82) is 0 Å². The van der Waals surface area contributed by atoms with Crippen LogP contribution in [0.1, 0.15) is 30.1 Å². The molecule has 3 rings (SSSR count). The predicted octanol–water partition coefficient (Wildman–Crippen LogP) is 3.01. The van der Waals surface area contributed by atoms with Gasteiger partial charge < -0.3 is 4.74 Å². The zero-order chi connectivity index (χ0) is 12.4. The van der Waals surface area contributed by atoms with E-state index in [0.717, 1.165) is 31.0 Å². The van der Waals surface area contributed by atoms with Crippen LogP contribution in [0.2, 0.25) is 0 Å². The van der Waals surface area contributed by atoms with E-state index in [2.05, 4.69) is 18.2 Å². The fraction of sp³-hybridized carbons (Fsp3) is 0.533. The first-order chi connectivity index (χ1) is 8.84. The van der Waals surface area contributed by atoms with Gasteiger partial charge in [-0.15, -0.1) is 0 Å². The van der Waals surface area contributed by atoms with Gasteiger partial charge in [0.15, 0.2) is 0 Å². The molecule has 2 aliphatic rings. The Morgan fingerprint density at radius 2 is 2.28 bits per heavy atom. The number of rotatable bonds is 3. The monoisotopic (exact) mass is 262 g/mol. The Morgan fingerprint density at radius 3 is 3.11 bits per heavy atom. The lowest BCUT2D eigenvalue weighted by atomic mass is 9.91. The van der Waals surface area contributed by atoms with E-state index >= 15 is 0 Å². The van der Waals surface area contributed by atoms with Gasteiger partial charge in [0.1, 0.15) is 5.78 Å². The molecule has 1 aromatic rings. The molecule has 0 N–H and O–H groups in total.